The van der Waals surface area contributed by atoms with Crippen molar-refractivity contribution in [3.8, 4) is 0 Å². The lowest BCUT2D eigenvalue weighted by molar-refractivity contribution is 0.0136. The third-order valence-corrected chi connectivity index (χ3v) is 3.08. The number of hydrogen-bond donors (Lipinski definition) is 2. The van der Waals surface area contributed by atoms with Crippen LogP contribution in [-0.4, -0.2) is 24.7 Å². The van der Waals surface area contributed by atoms with Crippen molar-refractivity contribution in [2.75, 3.05) is 12.3 Å². The first kappa shape index (κ1) is 12.8. The van der Waals surface area contributed by atoms with E-state index in [0.717, 1.165) is 12.8 Å². The van der Waals surface area contributed by atoms with E-state index in [-0.39, 0.29) is 23.7 Å². The summed E-state index contributed by atoms with van der Waals surface area (Å²) < 4.78 is 18.4. The Morgan fingerprint density at radius 2 is 2.33 bits per heavy atom. The van der Waals surface area contributed by atoms with Gasteiger partial charge in [-0.25, -0.2) is 4.39 Å². The summed E-state index contributed by atoms with van der Waals surface area (Å²) >= 11 is 0. The number of rotatable bonds is 2. The van der Waals surface area contributed by atoms with Gasteiger partial charge >= 0.3 is 0 Å². The molecule has 1 aliphatic heterocycles. The fourth-order valence-electron chi connectivity index (χ4n) is 2.08. The average molecular weight is 252 g/mol. The summed E-state index contributed by atoms with van der Waals surface area (Å²) in [6.07, 6.45) is 1.75. The monoisotopic (exact) mass is 252 g/mol. The van der Waals surface area contributed by atoms with E-state index in [1.54, 1.807) is 0 Å². The number of nitrogens with two attached hydrogens (primary N) is 1. The summed E-state index contributed by atoms with van der Waals surface area (Å²) in [6, 6.07) is 4.10. The maximum Gasteiger partial charge on any atom is 0.251 e. The smallest absolute Gasteiger partial charge is 0.251 e. The lowest BCUT2D eigenvalue weighted by Gasteiger charge is -2.27. The zero-order valence-corrected chi connectivity index (χ0v) is 10.3. The van der Waals surface area contributed by atoms with Crippen LogP contribution in [0.25, 0.3) is 0 Å². The molecule has 18 heavy (non-hydrogen) atoms. The molecule has 3 N–H and O–H groups in total. The molecule has 0 aromatic heterocycles. The summed E-state index contributed by atoms with van der Waals surface area (Å²) in [4.78, 5) is 12.0. The molecule has 1 saturated heterocycles. The predicted molar refractivity (Wildman–Crippen MR) is 66.7 cm³/mol. The predicted octanol–water partition coefficient (Wildman–Crippen LogP) is 1.71. The van der Waals surface area contributed by atoms with Crippen LogP contribution in [0.15, 0.2) is 18.2 Å². The van der Waals surface area contributed by atoms with E-state index in [1.807, 2.05) is 6.92 Å². The molecule has 1 heterocycles. The van der Waals surface area contributed by atoms with Crippen molar-refractivity contribution in [1.82, 2.24) is 5.32 Å². The summed E-state index contributed by atoms with van der Waals surface area (Å²) in [5.41, 5.74) is 5.81. The van der Waals surface area contributed by atoms with Crippen molar-refractivity contribution in [3.05, 3.63) is 29.6 Å². The summed E-state index contributed by atoms with van der Waals surface area (Å²) in [5.74, 6) is -0.730. The Bertz CT molecular complexity index is 451. The largest absolute Gasteiger partial charge is 0.396 e. The highest BCUT2D eigenvalue weighted by Gasteiger charge is 2.21. The molecule has 1 aliphatic rings. The van der Waals surface area contributed by atoms with Gasteiger partial charge in [-0.1, -0.05) is 0 Å². The SMILES string of the molecule is CC1CC(NC(=O)c2ccc(F)c(N)c2)CCO1. The van der Waals surface area contributed by atoms with Crippen LogP contribution >= 0.6 is 0 Å². The van der Waals surface area contributed by atoms with Crippen LogP contribution in [0.5, 0.6) is 0 Å². The Morgan fingerprint density at radius 1 is 1.56 bits per heavy atom. The average Bonchev–Trinajstić information content (AvgIpc) is 2.32. The van der Waals surface area contributed by atoms with Crippen LogP contribution in [0.4, 0.5) is 10.1 Å². The molecule has 0 radical (unpaired) electrons. The van der Waals surface area contributed by atoms with Gasteiger partial charge in [0.25, 0.3) is 5.91 Å². The molecule has 0 bridgehead atoms. The van der Waals surface area contributed by atoms with Crippen molar-refractivity contribution < 1.29 is 13.9 Å². The van der Waals surface area contributed by atoms with Gasteiger partial charge in [-0.2, -0.15) is 0 Å². The molecule has 5 heteroatoms. The van der Waals surface area contributed by atoms with Crippen LogP contribution in [0.2, 0.25) is 0 Å². The summed E-state index contributed by atoms with van der Waals surface area (Å²) in [7, 11) is 0. The van der Waals surface area contributed by atoms with E-state index in [4.69, 9.17) is 10.5 Å². The molecule has 0 spiro atoms. The van der Waals surface area contributed by atoms with Gasteiger partial charge in [-0.15, -0.1) is 0 Å². The van der Waals surface area contributed by atoms with Crippen LogP contribution in [0, 0.1) is 5.82 Å². The molecule has 0 saturated carbocycles. The maximum absolute atomic E-state index is 13.0. The second-order valence-corrected chi connectivity index (χ2v) is 4.61. The van der Waals surface area contributed by atoms with Crippen LogP contribution in [0.1, 0.15) is 30.1 Å². The van der Waals surface area contributed by atoms with E-state index in [9.17, 15) is 9.18 Å². The van der Waals surface area contributed by atoms with Crippen molar-refractivity contribution in [3.63, 3.8) is 0 Å². The molecular formula is C13H17FN2O2. The van der Waals surface area contributed by atoms with E-state index >= 15 is 0 Å². The number of halogens is 1. The normalized spacial score (nSPS) is 23.7. The molecule has 2 atom stereocenters. The number of nitrogens with one attached hydrogen (secondary N) is 1. The zero-order chi connectivity index (χ0) is 13.1. The lowest BCUT2D eigenvalue weighted by atomic mass is 10.0. The van der Waals surface area contributed by atoms with E-state index in [2.05, 4.69) is 5.32 Å². The third-order valence-electron chi connectivity index (χ3n) is 3.08. The minimum Gasteiger partial charge on any atom is -0.396 e. The van der Waals surface area contributed by atoms with Gasteiger partial charge in [0, 0.05) is 18.2 Å². The second-order valence-electron chi connectivity index (χ2n) is 4.61. The first-order chi connectivity index (χ1) is 8.56. The van der Waals surface area contributed by atoms with Crippen molar-refractivity contribution >= 4 is 11.6 Å². The van der Waals surface area contributed by atoms with Gasteiger partial charge in [0.2, 0.25) is 0 Å². The molecular weight excluding hydrogens is 235 g/mol. The topological polar surface area (TPSA) is 64.4 Å². The lowest BCUT2D eigenvalue weighted by Crippen LogP contribution is -2.41. The molecule has 1 aromatic rings. The van der Waals surface area contributed by atoms with Gasteiger partial charge in [-0.05, 0) is 38.0 Å². The maximum atomic E-state index is 13.0. The number of ether oxygens (including phenoxy) is 1. The minimum absolute atomic E-state index is 0.0111. The third kappa shape index (κ3) is 2.98. The molecule has 1 fully saturated rings. The molecule has 2 rings (SSSR count). The number of amides is 1. The molecule has 0 aliphatic carbocycles. The fraction of sp³-hybridized carbons (Fsp3) is 0.462. The van der Waals surface area contributed by atoms with Gasteiger partial charge in [0.05, 0.1) is 11.8 Å². The number of benzene rings is 1. The zero-order valence-electron chi connectivity index (χ0n) is 10.3. The highest BCUT2D eigenvalue weighted by atomic mass is 19.1. The van der Waals surface area contributed by atoms with Crippen molar-refractivity contribution in [1.29, 1.82) is 0 Å². The fourth-order valence-corrected chi connectivity index (χ4v) is 2.08. The Labute approximate surface area is 105 Å². The molecule has 2 unspecified atom stereocenters. The molecule has 1 aromatic carbocycles. The Morgan fingerprint density at radius 3 is 3.00 bits per heavy atom. The standard InChI is InChI=1S/C13H17FN2O2/c1-8-6-10(4-5-18-8)16-13(17)9-2-3-11(14)12(15)7-9/h2-3,7-8,10H,4-6,15H2,1H3,(H,16,17). The van der Waals surface area contributed by atoms with Crippen molar-refractivity contribution in [2.45, 2.75) is 31.9 Å². The van der Waals surface area contributed by atoms with Gasteiger partial charge in [0.15, 0.2) is 0 Å². The summed E-state index contributed by atoms with van der Waals surface area (Å²) in [6.45, 7) is 2.63. The number of carbonyl (C=O) groups excluding carboxylic acids is 1. The molecule has 98 valence electrons. The quantitative estimate of drug-likeness (QED) is 0.787. The number of hydrogen-bond acceptors (Lipinski definition) is 3. The highest BCUT2D eigenvalue weighted by molar-refractivity contribution is 5.95. The Balaban J connectivity index is 2.00. The summed E-state index contributed by atoms with van der Waals surface area (Å²) in [5, 5.41) is 2.92. The van der Waals surface area contributed by atoms with Crippen molar-refractivity contribution in [2.24, 2.45) is 0 Å². The van der Waals surface area contributed by atoms with E-state index in [1.165, 1.54) is 18.2 Å². The number of carbonyl (C=O) groups is 1. The van der Waals surface area contributed by atoms with Gasteiger partial charge in [-0.3, -0.25) is 4.79 Å². The first-order valence-corrected chi connectivity index (χ1v) is 6.03. The first-order valence-electron chi connectivity index (χ1n) is 6.03. The van der Waals surface area contributed by atoms with Gasteiger partial charge in [0.1, 0.15) is 5.82 Å². The minimum atomic E-state index is -0.508. The highest BCUT2D eigenvalue weighted by Crippen LogP contribution is 2.15. The molecule has 4 nitrogen and oxygen atoms in total. The Hall–Kier alpha value is -1.62. The second kappa shape index (κ2) is 5.35. The van der Waals surface area contributed by atoms with E-state index in [0.29, 0.717) is 12.2 Å². The number of anilines is 1. The molecule has 1 amide bonds. The van der Waals surface area contributed by atoms with Gasteiger partial charge < -0.3 is 15.8 Å². The van der Waals surface area contributed by atoms with Crippen LogP contribution in [0.3, 0.4) is 0 Å². The van der Waals surface area contributed by atoms with E-state index < -0.39 is 5.82 Å². The van der Waals surface area contributed by atoms with Crippen LogP contribution in [-0.2, 0) is 4.74 Å². The number of nitrogen functional groups attached to an aromatic ring is 1. The van der Waals surface area contributed by atoms with Crippen LogP contribution < -0.4 is 11.1 Å². The Kier molecular flexibility index (Phi) is 3.81.